The number of hydrogen-bond donors (Lipinski definition) is 2. The topological polar surface area (TPSA) is 193 Å². The molecule has 5 rings (SSSR count). The van der Waals surface area contributed by atoms with Crippen LogP contribution in [0.15, 0.2) is 51.1 Å². The predicted octanol–water partition coefficient (Wildman–Crippen LogP) is 4.85. The van der Waals surface area contributed by atoms with E-state index in [2.05, 4.69) is 15.5 Å². The fourth-order valence-electron chi connectivity index (χ4n) is 6.49. The predicted molar refractivity (Wildman–Crippen MR) is 191 cm³/mol. The molecular weight excluding hydrogens is 738 g/mol. The molecule has 2 heterocycles. The van der Waals surface area contributed by atoms with Gasteiger partial charge in [0.2, 0.25) is 23.2 Å². The number of carbonyl (C=O) groups is 3. The van der Waals surface area contributed by atoms with E-state index in [1.54, 1.807) is 19.1 Å². The Balaban J connectivity index is 1.58. The van der Waals surface area contributed by atoms with Crippen molar-refractivity contribution in [3.05, 3.63) is 69.5 Å². The maximum absolute atomic E-state index is 14.4. The number of nitrogens with one attached hydrogen (secondary N) is 1. The summed E-state index contributed by atoms with van der Waals surface area (Å²) in [6.07, 6.45) is 2.61. The highest BCUT2D eigenvalue weighted by molar-refractivity contribution is 7.98. The van der Waals surface area contributed by atoms with Crippen LogP contribution in [0.5, 0.6) is 17.2 Å². The van der Waals surface area contributed by atoms with E-state index in [4.69, 9.17) is 35.1 Å². The zero-order chi connectivity index (χ0) is 38.0. The summed E-state index contributed by atoms with van der Waals surface area (Å²) in [6.45, 7) is 1.92. The van der Waals surface area contributed by atoms with Crippen molar-refractivity contribution in [2.45, 2.75) is 55.1 Å². The third-order valence-corrected chi connectivity index (χ3v) is 11.3. The molecule has 17 heteroatoms. The first-order valence-electron chi connectivity index (χ1n) is 16.3. The molecule has 0 fully saturated rings. The number of aromatic nitrogens is 2. The van der Waals surface area contributed by atoms with Gasteiger partial charge in [0.05, 0.1) is 26.6 Å². The Morgan fingerprint density at radius 3 is 2.48 bits per heavy atom. The molecule has 0 bridgehead atoms. The zero-order valence-corrected chi connectivity index (χ0v) is 31.9. The molecule has 2 aromatic carbocycles. The van der Waals surface area contributed by atoms with Crippen LogP contribution >= 0.6 is 23.4 Å². The first kappa shape index (κ1) is 39.1. The number of ketones is 2. The third-order valence-electron chi connectivity index (χ3n) is 9.19. The summed E-state index contributed by atoms with van der Waals surface area (Å²) in [5, 5.41) is 18.9. The number of allylic oxidation sites excluding steroid dienone is 1. The van der Waals surface area contributed by atoms with Gasteiger partial charge in [0.1, 0.15) is 38.0 Å². The normalized spacial score (nSPS) is 19.7. The van der Waals surface area contributed by atoms with Gasteiger partial charge in [0.15, 0.2) is 23.1 Å². The van der Waals surface area contributed by atoms with Crippen molar-refractivity contribution in [3.8, 4) is 17.2 Å². The molecule has 2 N–H and O–H groups in total. The second-order valence-corrected chi connectivity index (χ2v) is 16.1. The number of ether oxygens (including phenoxy) is 4. The van der Waals surface area contributed by atoms with Crippen molar-refractivity contribution in [1.82, 2.24) is 15.5 Å². The van der Waals surface area contributed by atoms with Gasteiger partial charge in [-0.15, -0.1) is 11.8 Å². The lowest BCUT2D eigenvalue weighted by Crippen LogP contribution is -2.53. The van der Waals surface area contributed by atoms with Crippen molar-refractivity contribution in [3.63, 3.8) is 0 Å². The van der Waals surface area contributed by atoms with Gasteiger partial charge in [-0.3, -0.25) is 14.4 Å². The summed E-state index contributed by atoms with van der Waals surface area (Å²) < 4.78 is 51.9. The molecule has 14 nitrogen and oxygen atoms in total. The molecule has 1 amide bonds. The van der Waals surface area contributed by atoms with Gasteiger partial charge in [0, 0.05) is 61.0 Å². The molecule has 280 valence electrons. The molecule has 3 aromatic rings. The number of Topliss-reactive ketones (excluding diaryl/α,β-unsaturated/α-hetero) is 2. The quantitative estimate of drug-likeness (QED) is 0.199. The van der Waals surface area contributed by atoms with Gasteiger partial charge in [0.25, 0.3) is 0 Å². The molecule has 52 heavy (non-hydrogen) atoms. The lowest BCUT2D eigenvalue weighted by molar-refractivity contribution is -0.122. The van der Waals surface area contributed by atoms with E-state index < -0.39 is 63.0 Å². The van der Waals surface area contributed by atoms with Crippen LogP contribution in [0.2, 0.25) is 5.02 Å². The molecule has 0 radical (unpaired) electrons. The number of methoxy groups -OCH3 is 3. The van der Waals surface area contributed by atoms with Crippen LogP contribution < -0.4 is 19.5 Å². The highest BCUT2D eigenvalue weighted by Crippen LogP contribution is 2.55. The molecule has 1 aliphatic heterocycles. The van der Waals surface area contributed by atoms with Crippen molar-refractivity contribution >= 4 is 50.7 Å². The van der Waals surface area contributed by atoms with E-state index in [1.807, 2.05) is 18.4 Å². The van der Waals surface area contributed by atoms with Gasteiger partial charge in [-0.25, -0.2) is 8.42 Å². The average Bonchev–Trinajstić information content (AvgIpc) is 3.71. The minimum absolute atomic E-state index is 0.00321. The largest absolute Gasteiger partial charge is 0.507 e. The number of sulfone groups is 1. The van der Waals surface area contributed by atoms with E-state index in [0.29, 0.717) is 24.4 Å². The molecule has 0 saturated carbocycles. The molecule has 1 aromatic heterocycles. The Bertz CT molecular complexity index is 2000. The summed E-state index contributed by atoms with van der Waals surface area (Å²) in [6, 6.07) is 7.53. The molecule has 0 saturated heterocycles. The zero-order valence-electron chi connectivity index (χ0n) is 29.5. The van der Waals surface area contributed by atoms with Crippen molar-refractivity contribution in [2.24, 2.45) is 5.92 Å². The number of halogens is 1. The minimum Gasteiger partial charge on any atom is -0.507 e. The van der Waals surface area contributed by atoms with E-state index in [9.17, 15) is 27.9 Å². The first-order valence-corrected chi connectivity index (χ1v) is 19.9. The number of carbonyl (C=O) groups excluding carboxylic acids is 3. The number of benzene rings is 2. The SMILES string of the molecule is COCCc1noc(C(CCS(C)(=O)=O)NC(=O)CC(C2=C(O)C3(Oc4c(Cl)c(OC)cc(OC)c4C3=O)C(C)CC2=O)c2ccc(SC)cc2)n1. The molecule has 4 unspecified atom stereocenters. The third kappa shape index (κ3) is 7.65. The molecule has 4 atom stereocenters. The molecule has 1 aliphatic carbocycles. The number of hydrogen-bond acceptors (Lipinski definition) is 14. The number of thioether (sulfide) groups is 1. The average molecular weight is 778 g/mol. The van der Waals surface area contributed by atoms with Crippen LogP contribution in [-0.4, -0.2) is 92.9 Å². The number of rotatable bonds is 15. The van der Waals surface area contributed by atoms with Gasteiger partial charge >= 0.3 is 0 Å². The standard InChI is InChI=1S/C35H40ClN3O11S2/c1-18-15-23(40)28(32(42)35(18)33(43)29-24(47-3)17-25(48-4)30(36)31(29)49-35)21(19-7-9-20(51-5)10-8-19)16-27(41)37-22(12-14-52(6,44)45)34-38-26(39-50-34)11-13-46-2/h7-10,17-18,21-22,42H,11-16H2,1-6H3,(H,37,41). The lowest BCUT2D eigenvalue weighted by Gasteiger charge is -2.38. The monoisotopic (exact) mass is 777 g/mol. The highest BCUT2D eigenvalue weighted by atomic mass is 35.5. The van der Waals surface area contributed by atoms with E-state index in [1.165, 1.54) is 39.2 Å². The first-order chi connectivity index (χ1) is 24.7. The smallest absolute Gasteiger partial charge is 0.249 e. The van der Waals surface area contributed by atoms with Crippen LogP contribution in [0.1, 0.15) is 65.8 Å². The fourth-order valence-corrected chi connectivity index (χ4v) is 7.83. The van der Waals surface area contributed by atoms with Gasteiger partial charge < -0.3 is 33.9 Å². The maximum atomic E-state index is 14.4. The minimum atomic E-state index is -3.45. The van der Waals surface area contributed by atoms with Crippen LogP contribution in [0.4, 0.5) is 0 Å². The number of aliphatic hydroxyl groups is 1. The Kier molecular flexibility index (Phi) is 11.9. The number of nitrogens with zero attached hydrogens (tertiary/aromatic N) is 2. The number of aliphatic hydroxyl groups excluding tert-OH is 1. The summed E-state index contributed by atoms with van der Waals surface area (Å²) in [7, 11) is 0.815. The van der Waals surface area contributed by atoms with Crippen LogP contribution in [0.25, 0.3) is 0 Å². The second kappa shape index (κ2) is 15.9. The van der Waals surface area contributed by atoms with Crippen molar-refractivity contribution in [2.75, 3.05) is 46.2 Å². The van der Waals surface area contributed by atoms with Gasteiger partial charge in [-0.2, -0.15) is 4.98 Å². The van der Waals surface area contributed by atoms with Crippen LogP contribution in [-0.2, 0) is 30.6 Å². The van der Waals surface area contributed by atoms with Gasteiger partial charge in [-0.1, -0.05) is 35.8 Å². The highest BCUT2D eigenvalue weighted by Gasteiger charge is 2.61. The molecule has 2 aliphatic rings. The van der Waals surface area contributed by atoms with E-state index >= 15 is 0 Å². The van der Waals surface area contributed by atoms with E-state index in [-0.39, 0.29) is 57.9 Å². The lowest BCUT2D eigenvalue weighted by atomic mass is 9.69. The summed E-state index contributed by atoms with van der Waals surface area (Å²) >= 11 is 8.10. The van der Waals surface area contributed by atoms with Crippen molar-refractivity contribution in [1.29, 1.82) is 0 Å². The second-order valence-electron chi connectivity index (χ2n) is 12.6. The van der Waals surface area contributed by atoms with Crippen molar-refractivity contribution < 1.29 is 51.4 Å². The Hall–Kier alpha value is -4.12. The Morgan fingerprint density at radius 2 is 1.87 bits per heavy atom. The Labute approximate surface area is 310 Å². The van der Waals surface area contributed by atoms with E-state index in [0.717, 1.165) is 11.2 Å². The molecule has 1 spiro atoms. The number of amides is 1. The number of fused-ring (bicyclic) bond motifs is 1. The van der Waals surface area contributed by atoms with Gasteiger partial charge in [-0.05, 0) is 30.4 Å². The summed E-state index contributed by atoms with van der Waals surface area (Å²) in [5.41, 5.74) is -1.76. The van der Waals surface area contributed by atoms with Crippen LogP contribution in [0, 0.1) is 5.92 Å². The fraction of sp³-hybridized carbons (Fsp3) is 0.457. The maximum Gasteiger partial charge on any atom is 0.249 e. The molecular formula is C35H40ClN3O11S2. The Morgan fingerprint density at radius 1 is 1.17 bits per heavy atom. The van der Waals surface area contributed by atoms with Crippen LogP contribution in [0.3, 0.4) is 0 Å². The summed E-state index contributed by atoms with van der Waals surface area (Å²) in [4.78, 5) is 47.6. The summed E-state index contributed by atoms with van der Waals surface area (Å²) in [5.74, 6) is -4.12.